The summed E-state index contributed by atoms with van der Waals surface area (Å²) in [6.07, 6.45) is 6.47. The van der Waals surface area contributed by atoms with E-state index < -0.39 is 0 Å². The third kappa shape index (κ3) is 8.18. The van der Waals surface area contributed by atoms with Crippen molar-refractivity contribution < 1.29 is 4.79 Å². The number of piperazine rings is 1. The Hall–Kier alpha value is -4.14. The smallest absolute Gasteiger partial charge is 0.255 e. The summed E-state index contributed by atoms with van der Waals surface area (Å²) in [4.78, 5) is 30.9. The van der Waals surface area contributed by atoms with Crippen LogP contribution in [0.5, 0.6) is 0 Å². The Bertz CT molecular complexity index is 1370. The highest BCUT2D eigenvalue weighted by Gasteiger charge is 2.14. The maximum absolute atomic E-state index is 12.9. The fourth-order valence-corrected chi connectivity index (χ4v) is 4.28. The van der Waals surface area contributed by atoms with Crippen molar-refractivity contribution in [3.63, 3.8) is 0 Å². The lowest BCUT2D eigenvalue weighted by atomic mass is 10.1. The molecule has 1 saturated heterocycles. The molecule has 2 N–H and O–H groups in total. The van der Waals surface area contributed by atoms with Crippen LogP contribution >= 0.6 is 0 Å². The average Bonchev–Trinajstić information content (AvgIpc) is 2.97. The molecule has 2 aromatic carbocycles. The van der Waals surface area contributed by atoms with E-state index in [1.165, 1.54) is 12.0 Å². The summed E-state index contributed by atoms with van der Waals surface area (Å²) in [5.41, 5.74) is 6.08. The highest BCUT2D eigenvalue weighted by atomic mass is 16.1. The summed E-state index contributed by atoms with van der Waals surface area (Å²) in [5.74, 6) is 0.333. The van der Waals surface area contributed by atoms with Crippen LogP contribution in [0.15, 0.2) is 79.3 Å². The van der Waals surface area contributed by atoms with Crippen molar-refractivity contribution in [2.24, 2.45) is 0 Å². The first-order valence-electron chi connectivity index (χ1n) is 13.9. The highest BCUT2D eigenvalue weighted by molar-refractivity contribution is 6.04. The lowest BCUT2D eigenvalue weighted by Gasteiger charge is -2.32. The SMILES string of the molecule is CCC.Cc1ccc(NC(=O)c2ccc(CN3CCN(C)CC3)cc2)cc1Nc1nccc(-c2cccnc2)n1. The van der Waals surface area contributed by atoms with Crippen LogP contribution < -0.4 is 10.6 Å². The van der Waals surface area contributed by atoms with E-state index in [1.54, 1.807) is 18.6 Å². The van der Waals surface area contributed by atoms with Gasteiger partial charge in [0, 0.05) is 73.8 Å². The Kier molecular flexibility index (Phi) is 10.3. The third-order valence-electron chi connectivity index (χ3n) is 6.57. The molecule has 0 radical (unpaired) electrons. The third-order valence-corrected chi connectivity index (χ3v) is 6.57. The molecular formula is C32H39N7O. The van der Waals surface area contributed by atoms with Crippen molar-refractivity contribution >= 4 is 23.2 Å². The molecule has 5 rings (SSSR count). The van der Waals surface area contributed by atoms with Crippen LogP contribution in [0.2, 0.25) is 0 Å². The summed E-state index contributed by atoms with van der Waals surface area (Å²) in [5, 5.41) is 6.29. The molecule has 0 aliphatic carbocycles. The number of hydrogen-bond donors (Lipinski definition) is 2. The molecule has 1 amide bonds. The molecule has 1 fully saturated rings. The minimum atomic E-state index is -0.143. The fourth-order valence-electron chi connectivity index (χ4n) is 4.28. The first-order valence-corrected chi connectivity index (χ1v) is 13.9. The number of nitrogens with zero attached hydrogens (tertiary/aromatic N) is 5. The van der Waals surface area contributed by atoms with E-state index in [-0.39, 0.29) is 5.91 Å². The largest absolute Gasteiger partial charge is 0.324 e. The predicted octanol–water partition coefficient (Wildman–Crippen LogP) is 6.01. The van der Waals surface area contributed by atoms with E-state index in [9.17, 15) is 4.79 Å². The minimum Gasteiger partial charge on any atom is -0.324 e. The van der Waals surface area contributed by atoms with Crippen molar-refractivity contribution in [2.75, 3.05) is 43.9 Å². The van der Waals surface area contributed by atoms with Gasteiger partial charge in [-0.25, -0.2) is 9.97 Å². The van der Waals surface area contributed by atoms with Crippen molar-refractivity contribution in [3.05, 3.63) is 95.9 Å². The van der Waals surface area contributed by atoms with Crippen molar-refractivity contribution in [2.45, 2.75) is 33.7 Å². The second-order valence-corrected chi connectivity index (χ2v) is 10.1. The number of hydrogen-bond acceptors (Lipinski definition) is 7. The first kappa shape index (κ1) is 28.9. The number of likely N-dealkylation sites (N-methyl/N-ethyl adjacent to an activating group) is 1. The average molecular weight is 538 g/mol. The van der Waals surface area contributed by atoms with E-state index in [1.807, 2.05) is 67.6 Å². The van der Waals surface area contributed by atoms with E-state index in [0.29, 0.717) is 17.2 Å². The van der Waals surface area contributed by atoms with Gasteiger partial charge >= 0.3 is 0 Å². The molecule has 3 heterocycles. The molecule has 2 aromatic heterocycles. The molecule has 0 spiro atoms. The standard InChI is InChI=1S/C29H31N7O.C3H8/c1-21-5-10-25(18-27(21)34-29-31-13-11-26(33-29)24-4-3-12-30-19-24)32-28(37)23-8-6-22(7-9-23)20-36-16-14-35(2)15-17-36;1-3-2/h3-13,18-19H,14-17,20H2,1-2H3,(H,32,37)(H,31,33,34);3H2,1-2H3. The van der Waals surface area contributed by atoms with E-state index >= 15 is 0 Å². The van der Waals surface area contributed by atoms with Gasteiger partial charge in [0.1, 0.15) is 0 Å². The highest BCUT2D eigenvalue weighted by Crippen LogP contribution is 2.24. The van der Waals surface area contributed by atoms with Gasteiger partial charge in [0.05, 0.1) is 5.69 Å². The molecule has 0 saturated carbocycles. The van der Waals surface area contributed by atoms with Crippen LogP contribution in [-0.2, 0) is 6.54 Å². The lowest BCUT2D eigenvalue weighted by molar-refractivity contribution is 0.102. The van der Waals surface area contributed by atoms with Gasteiger partial charge in [0.2, 0.25) is 5.95 Å². The van der Waals surface area contributed by atoms with Crippen LogP contribution in [0.3, 0.4) is 0 Å². The molecule has 0 unspecified atom stereocenters. The number of aryl methyl sites for hydroxylation is 1. The Morgan fingerprint density at radius 1 is 0.950 bits per heavy atom. The molecule has 40 heavy (non-hydrogen) atoms. The van der Waals surface area contributed by atoms with E-state index in [4.69, 9.17) is 0 Å². The zero-order valence-corrected chi connectivity index (χ0v) is 23.9. The van der Waals surface area contributed by atoms with Crippen molar-refractivity contribution in [1.29, 1.82) is 0 Å². The summed E-state index contributed by atoms with van der Waals surface area (Å²) < 4.78 is 0. The topological polar surface area (TPSA) is 86.3 Å². The molecular weight excluding hydrogens is 498 g/mol. The van der Waals surface area contributed by atoms with Crippen molar-refractivity contribution in [1.82, 2.24) is 24.8 Å². The molecule has 8 heteroatoms. The number of nitrogens with one attached hydrogen (secondary N) is 2. The van der Waals surface area contributed by atoms with Gasteiger partial charge in [-0.15, -0.1) is 0 Å². The molecule has 4 aromatic rings. The Morgan fingerprint density at radius 3 is 2.40 bits per heavy atom. The van der Waals surface area contributed by atoms with Crippen molar-refractivity contribution in [3.8, 4) is 11.3 Å². The van der Waals surface area contributed by atoms with Crippen LogP contribution in [0.4, 0.5) is 17.3 Å². The monoisotopic (exact) mass is 537 g/mol. The Labute approximate surface area is 237 Å². The maximum Gasteiger partial charge on any atom is 0.255 e. The number of carbonyl (C=O) groups excluding carboxylic acids is 1. The summed E-state index contributed by atoms with van der Waals surface area (Å²) in [6, 6.07) is 19.3. The predicted molar refractivity (Wildman–Crippen MR) is 163 cm³/mol. The molecule has 8 nitrogen and oxygen atoms in total. The lowest BCUT2D eigenvalue weighted by Crippen LogP contribution is -2.43. The second-order valence-electron chi connectivity index (χ2n) is 10.1. The summed E-state index contributed by atoms with van der Waals surface area (Å²) in [7, 11) is 2.16. The van der Waals surface area contributed by atoms with Crippen LogP contribution in [-0.4, -0.2) is 63.9 Å². The number of aromatic nitrogens is 3. The molecule has 208 valence electrons. The van der Waals surface area contributed by atoms with Gasteiger partial charge in [0.25, 0.3) is 5.91 Å². The number of anilines is 3. The fraction of sp³-hybridized carbons (Fsp3) is 0.312. The Morgan fingerprint density at radius 2 is 1.70 bits per heavy atom. The van der Waals surface area contributed by atoms with E-state index in [2.05, 4.69) is 56.3 Å². The van der Waals surface area contributed by atoms with Gasteiger partial charge in [-0.3, -0.25) is 14.7 Å². The van der Waals surface area contributed by atoms with Crippen LogP contribution in [0.1, 0.15) is 41.8 Å². The number of amides is 1. The summed E-state index contributed by atoms with van der Waals surface area (Å²) >= 11 is 0. The van der Waals surface area contributed by atoms with Gasteiger partial charge in [-0.05, 0) is 67.6 Å². The van der Waals surface area contributed by atoms with Gasteiger partial charge in [0.15, 0.2) is 0 Å². The maximum atomic E-state index is 12.9. The molecule has 1 aliphatic heterocycles. The number of pyridine rings is 1. The van der Waals surface area contributed by atoms with Crippen LogP contribution in [0.25, 0.3) is 11.3 Å². The Balaban J connectivity index is 0.00000118. The molecule has 0 bridgehead atoms. The van der Waals surface area contributed by atoms with Gasteiger partial charge < -0.3 is 15.5 Å². The molecule has 1 aliphatic rings. The zero-order chi connectivity index (χ0) is 28.3. The zero-order valence-electron chi connectivity index (χ0n) is 23.9. The minimum absolute atomic E-state index is 0.143. The second kappa shape index (κ2) is 14.3. The first-order chi connectivity index (χ1) is 19.4. The summed E-state index contributed by atoms with van der Waals surface area (Å²) in [6.45, 7) is 11.5. The van der Waals surface area contributed by atoms with Gasteiger partial charge in [-0.2, -0.15) is 0 Å². The van der Waals surface area contributed by atoms with Gasteiger partial charge in [-0.1, -0.05) is 38.5 Å². The number of carbonyl (C=O) groups is 1. The normalized spacial score (nSPS) is 13.7. The van der Waals surface area contributed by atoms with Crippen LogP contribution in [0, 0.1) is 6.92 Å². The number of rotatable bonds is 7. The quantitative estimate of drug-likeness (QED) is 0.299. The van der Waals surface area contributed by atoms with E-state index in [0.717, 1.165) is 55.2 Å². The molecule has 0 atom stereocenters. The number of benzene rings is 2.